The zero-order valence-corrected chi connectivity index (χ0v) is 73.3. The van der Waals surface area contributed by atoms with Crippen LogP contribution in [0.4, 0.5) is 17.3 Å². The van der Waals surface area contributed by atoms with Crippen LogP contribution in [0, 0.1) is 41.4 Å². The molecule has 3 unspecified atom stereocenters. The van der Waals surface area contributed by atoms with Crippen LogP contribution in [0.3, 0.4) is 0 Å². The van der Waals surface area contributed by atoms with Crippen molar-refractivity contribution >= 4 is 85.5 Å². The highest BCUT2D eigenvalue weighted by molar-refractivity contribution is 8.76. The first-order valence-corrected chi connectivity index (χ1v) is 45.7. The number of aromatic amines is 2. The van der Waals surface area contributed by atoms with Crippen LogP contribution < -0.4 is 48.1 Å². The topological polar surface area (TPSA) is 422 Å². The van der Waals surface area contributed by atoms with Crippen molar-refractivity contribution in [2.45, 2.75) is 275 Å². The van der Waals surface area contributed by atoms with Gasteiger partial charge in [0.05, 0.1) is 103 Å². The van der Waals surface area contributed by atoms with Crippen molar-refractivity contribution in [2.75, 3.05) is 54.3 Å². The molecule has 22 atom stereocenters. The number of benzene rings is 3. The lowest BCUT2D eigenvalue weighted by atomic mass is 9.78. The number of ether oxygens (including phenoxy) is 7. The number of aliphatic hydroxyl groups excluding tert-OH is 1. The van der Waals surface area contributed by atoms with Crippen LogP contribution in [0.5, 0.6) is 0 Å². The third kappa shape index (κ3) is 20.9. The number of nitrogens with one attached hydrogen (secondary N) is 8. The van der Waals surface area contributed by atoms with Gasteiger partial charge in [0.1, 0.15) is 17.4 Å². The zero-order valence-electron chi connectivity index (χ0n) is 71.6. The first-order valence-electron chi connectivity index (χ1n) is 43.2. The number of hydrogen-bond donors (Lipinski definition) is 11. The number of fused-ring (bicyclic) bond motifs is 6. The Morgan fingerprint density at radius 1 is 0.744 bits per heavy atom. The molecule has 0 aliphatic carbocycles. The van der Waals surface area contributed by atoms with E-state index in [1.54, 1.807) is 64.8 Å². The van der Waals surface area contributed by atoms with E-state index in [1.807, 2.05) is 69.3 Å². The summed E-state index contributed by atoms with van der Waals surface area (Å²) in [6.45, 7) is 23.4. The van der Waals surface area contributed by atoms with Gasteiger partial charge in [-0.1, -0.05) is 113 Å². The van der Waals surface area contributed by atoms with Crippen LogP contribution in [0.15, 0.2) is 83.8 Å². The summed E-state index contributed by atoms with van der Waals surface area (Å²) in [6, 6.07) is 20.2. The lowest BCUT2D eigenvalue weighted by Crippen LogP contribution is -2.58. The largest absolute Gasteiger partial charge is 0.391 e. The number of carbonyl (C=O) groups is 6. The quantitative estimate of drug-likeness (QED) is 0.0135. The number of carbonyl (C=O) groups excluding carboxylic acids is 6. The number of aliphatic hydroxyl groups is 2. The number of rotatable bonds is 33. The molecule has 10 heterocycles. The number of nitrogens with two attached hydrogens (primary N) is 1. The molecule has 13 rings (SSSR count). The van der Waals surface area contributed by atoms with Gasteiger partial charge in [0, 0.05) is 116 Å². The first-order chi connectivity index (χ1) is 57.9. The number of hydrogen-bond acceptors (Lipinski definition) is 25. The number of para-hydroxylation sites is 1. The Kier molecular flexibility index (Phi) is 29.4. The summed E-state index contributed by atoms with van der Waals surface area (Å²) < 4.78 is 48.3. The number of nitrogen functional groups attached to an aromatic ring is 1. The Balaban J connectivity index is 0.558. The van der Waals surface area contributed by atoms with Gasteiger partial charge in [-0.3, -0.25) is 38.5 Å². The number of methoxy groups -OCH3 is 1. The maximum absolute atomic E-state index is 14.2. The molecule has 6 aromatic rings. The molecule has 658 valence electrons. The highest BCUT2D eigenvalue weighted by Gasteiger charge is 2.65. The molecular weight excluding hydrogens is 1590 g/mol. The molecule has 121 heavy (non-hydrogen) atoms. The van der Waals surface area contributed by atoms with E-state index in [4.69, 9.17) is 38.9 Å². The zero-order chi connectivity index (χ0) is 86.2. The predicted molar refractivity (Wildman–Crippen MR) is 461 cm³/mol. The predicted octanol–water partition coefficient (Wildman–Crippen LogP) is 9.60. The fourth-order valence-electron chi connectivity index (χ4n) is 19.4. The molecule has 31 nitrogen and oxygen atoms in total. The molecule has 0 saturated carbocycles. The van der Waals surface area contributed by atoms with Gasteiger partial charge in [0.2, 0.25) is 35.5 Å². The van der Waals surface area contributed by atoms with Crippen molar-refractivity contribution in [1.29, 1.82) is 0 Å². The van der Waals surface area contributed by atoms with Gasteiger partial charge in [0.15, 0.2) is 22.7 Å². The van der Waals surface area contributed by atoms with Crippen molar-refractivity contribution in [2.24, 2.45) is 41.4 Å². The molecule has 3 aromatic heterocycles. The SMILES string of the molecule is CO[C@@H]1C[C@@H](C[C@H]2CC[C@H](C)C([C@@H](C)C(=O)NCCSSC[C@@H](C)NC(=O)C(CCCNC(=O)CCC(=O)N3Cc4ccccc4-c4n[nH]nc4-c4ccccc43)NC(=O)CC[C@@H](C)NC(=O)c3ccc(NCc4cnc5nc(N)[nH]c(=O)c5n4)cc3)O2)O[C@]2(O[C@@](C)(C3CC[C@@](C)([C@@H]4O[C@@H]([C@@H]5O[C@@](O)(CO)[C@H](C)C[C@@H]5C)C[C@@H]4C)O3)C[C@H]2C)[C@@H]1C. The molecule has 3 aromatic carbocycles. The van der Waals surface area contributed by atoms with E-state index in [0.29, 0.717) is 71.3 Å². The minimum atomic E-state index is -1.60. The van der Waals surface area contributed by atoms with E-state index in [0.717, 1.165) is 61.6 Å². The van der Waals surface area contributed by atoms with Crippen molar-refractivity contribution in [3.63, 3.8) is 0 Å². The number of nitrogens with zero attached hydrogens (tertiary/aromatic N) is 6. The summed E-state index contributed by atoms with van der Waals surface area (Å²) in [4.78, 5) is 112. The molecule has 7 aliphatic rings. The molecule has 6 saturated heterocycles. The minimum Gasteiger partial charge on any atom is -0.391 e. The summed E-state index contributed by atoms with van der Waals surface area (Å²) in [5, 5.41) is 51.2. The number of aromatic nitrogens is 7. The van der Waals surface area contributed by atoms with Gasteiger partial charge < -0.3 is 85.9 Å². The van der Waals surface area contributed by atoms with E-state index in [1.165, 1.54) is 6.20 Å². The van der Waals surface area contributed by atoms with Gasteiger partial charge in [-0.15, -0.1) is 0 Å². The molecule has 0 radical (unpaired) electrons. The molecule has 6 fully saturated rings. The first kappa shape index (κ1) is 90.5. The molecule has 1 spiro atoms. The normalized spacial score (nSPS) is 30.5. The van der Waals surface area contributed by atoms with Gasteiger partial charge in [0.25, 0.3) is 11.5 Å². The summed E-state index contributed by atoms with van der Waals surface area (Å²) in [5.41, 5.74) is 10.1. The molecule has 0 bridgehead atoms. The Bertz CT molecular complexity index is 4680. The van der Waals surface area contributed by atoms with Gasteiger partial charge in [-0.25, -0.2) is 9.97 Å². The van der Waals surface area contributed by atoms with Crippen molar-refractivity contribution in [1.82, 2.24) is 61.9 Å². The second kappa shape index (κ2) is 39.3. The van der Waals surface area contributed by atoms with E-state index in [-0.39, 0.29) is 183 Å². The van der Waals surface area contributed by atoms with E-state index in [9.17, 15) is 43.8 Å². The summed E-state index contributed by atoms with van der Waals surface area (Å²) in [6.07, 6.45) is 7.07. The molecule has 7 aliphatic heterocycles. The summed E-state index contributed by atoms with van der Waals surface area (Å²) in [7, 11) is 4.90. The summed E-state index contributed by atoms with van der Waals surface area (Å²) in [5.74, 6) is -3.55. The third-order valence-corrected chi connectivity index (χ3v) is 28.7. The van der Waals surface area contributed by atoms with Crippen molar-refractivity contribution in [3.8, 4) is 22.5 Å². The Morgan fingerprint density at radius 3 is 2.26 bits per heavy atom. The molecule has 6 amide bonds. The lowest BCUT2D eigenvalue weighted by Gasteiger charge is -2.50. The average Bonchev–Trinajstić information content (AvgIpc) is 1.57. The highest BCUT2D eigenvalue weighted by atomic mass is 33.1. The van der Waals surface area contributed by atoms with Gasteiger partial charge >= 0.3 is 0 Å². The maximum Gasteiger partial charge on any atom is 0.280 e. The molecular formula is C88H123N15O16S2. The fourth-order valence-corrected chi connectivity index (χ4v) is 21.6. The van der Waals surface area contributed by atoms with E-state index < -0.39 is 64.8 Å². The highest BCUT2D eigenvalue weighted by Crippen LogP contribution is 2.57. The van der Waals surface area contributed by atoms with E-state index >= 15 is 0 Å². The van der Waals surface area contributed by atoms with Crippen molar-refractivity contribution in [3.05, 3.63) is 106 Å². The second-order valence-corrected chi connectivity index (χ2v) is 38.1. The lowest BCUT2D eigenvalue weighted by molar-refractivity contribution is -0.353. The smallest absolute Gasteiger partial charge is 0.280 e. The third-order valence-electron chi connectivity index (χ3n) is 26.1. The molecule has 12 N–H and O–H groups in total. The number of anilines is 3. The van der Waals surface area contributed by atoms with Crippen LogP contribution >= 0.6 is 21.6 Å². The van der Waals surface area contributed by atoms with Crippen molar-refractivity contribution < 1.29 is 72.1 Å². The Hall–Kier alpha value is -8.22. The van der Waals surface area contributed by atoms with Crippen LogP contribution in [0.1, 0.15) is 194 Å². The number of amides is 6. The van der Waals surface area contributed by atoms with Crippen LogP contribution in [-0.2, 0) is 70.2 Å². The summed E-state index contributed by atoms with van der Waals surface area (Å²) >= 11 is 0. The van der Waals surface area contributed by atoms with Crippen LogP contribution in [0.2, 0.25) is 0 Å². The van der Waals surface area contributed by atoms with Crippen LogP contribution in [0.25, 0.3) is 33.7 Å². The second-order valence-electron chi connectivity index (χ2n) is 35.5. The minimum absolute atomic E-state index is 0.0111. The monoisotopic (exact) mass is 1710 g/mol. The van der Waals surface area contributed by atoms with Crippen LogP contribution in [-0.4, -0.2) is 209 Å². The van der Waals surface area contributed by atoms with Gasteiger partial charge in [-0.2, -0.15) is 20.4 Å². The fraction of sp³-hybridized carbons (Fsp3) is 0.636. The van der Waals surface area contributed by atoms with Gasteiger partial charge in [-0.05, 0) is 146 Å². The average molecular weight is 1710 g/mol. The standard InChI is InChI=1S/C88H123N15O16S2/c1-48-23-29-61(40-62-41-67(113-12)56(9)88(116-62)52(5)42-86(11,119-88)69-33-34-85(10,117-69)78-50(3)39-68(115-78)77-49(2)38-51(4)87(112,47-104)118-77)114-76(48)55(8)80(108)91-36-37-120-121-46-54(7)95-82(110)65(21-17-35-90-70(105)31-32-72(107)103-45-58-18-13-14-19-63(58)73-74(101-102-100-73)64-20-15-16-22-66(64)103)97-71(106)30-24-53(6)94-81(109)57-25-27-59(28-26-57)92-43-60-44-93-79-75(96-60)83(111)99-84(89)98-79/h13-16,18-20,22,25-28,44,48-56,61-62,65,67-69,76-78,92,104,112H,17,21,23-24,29-43,45-47H2,1-12H3,(H,90,105)(H,91,108)(H,94,109)(H,95,110)(H,97,106)(H,100,101,102)(H3,89,93,98,99,111)/t48-,49-,50-,51+,52+,53+,54+,55+,56+,61+,62+,65?,67+,68+,69?,76?,77+,78+,85-,86+,87-,88+/m0/s1. The molecule has 33 heteroatoms. The maximum atomic E-state index is 14.2. The van der Waals surface area contributed by atoms with E-state index in [2.05, 4.69) is 116 Å². The Morgan fingerprint density at radius 2 is 1.50 bits per heavy atom. The number of H-pyrrole nitrogens is 2. The Labute approximate surface area is 715 Å².